The predicted molar refractivity (Wildman–Crippen MR) is 94.5 cm³/mol. The van der Waals surface area contributed by atoms with E-state index in [4.69, 9.17) is 0 Å². The molecule has 130 valence electrons. The summed E-state index contributed by atoms with van der Waals surface area (Å²) in [5.74, 6) is -1.18. The minimum Gasteiger partial charge on any atom is -0.481 e. The maximum absolute atomic E-state index is 11.7. The summed E-state index contributed by atoms with van der Waals surface area (Å²) in [7, 11) is 0. The van der Waals surface area contributed by atoms with E-state index in [1.807, 2.05) is 0 Å². The van der Waals surface area contributed by atoms with Crippen molar-refractivity contribution in [2.24, 2.45) is 0 Å². The molecule has 1 saturated heterocycles. The fourth-order valence-corrected chi connectivity index (χ4v) is 5.71. The third kappa shape index (κ3) is 4.91. The first kappa shape index (κ1) is 18.7. The van der Waals surface area contributed by atoms with Crippen LogP contribution >= 0.6 is 23.5 Å². The minimum absolute atomic E-state index is 0.0386. The van der Waals surface area contributed by atoms with Crippen LogP contribution in [0.1, 0.15) is 24.0 Å². The second-order valence-electron chi connectivity index (χ2n) is 5.47. The summed E-state index contributed by atoms with van der Waals surface area (Å²) in [6, 6.07) is 5.94. The van der Waals surface area contributed by atoms with E-state index in [2.05, 4.69) is 5.32 Å². The molecule has 1 amide bonds. The summed E-state index contributed by atoms with van der Waals surface area (Å²) in [6.07, 6.45) is 0.111. The van der Waals surface area contributed by atoms with Crippen molar-refractivity contribution in [1.29, 1.82) is 0 Å². The summed E-state index contributed by atoms with van der Waals surface area (Å²) in [4.78, 5) is 34.1. The average molecular weight is 369 g/mol. The summed E-state index contributed by atoms with van der Waals surface area (Å²) < 4.78 is -0.0386. The molecule has 1 fully saturated rings. The smallest absolute Gasteiger partial charge is 0.326 e. The minimum atomic E-state index is -1.12. The Labute approximate surface area is 148 Å². The van der Waals surface area contributed by atoms with Gasteiger partial charge in [-0.25, -0.2) is 4.79 Å². The molecule has 0 aliphatic carbocycles. The number of benzene rings is 1. The zero-order chi connectivity index (χ0) is 17.7. The first-order valence-electron chi connectivity index (χ1n) is 7.43. The molecule has 0 spiro atoms. The summed E-state index contributed by atoms with van der Waals surface area (Å²) >= 11 is 3.28. The molecule has 1 unspecified atom stereocenters. The lowest BCUT2D eigenvalue weighted by molar-refractivity contribution is -0.141. The molecule has 3 N–H and O–H groups in total. The summed E-state index contributed by atoms with van der Waals surface area (Å²) in [6.45, 7) is 1.27. The van der Waals surface area contributed by atoms with E-state index in [0.29, 0.717) is 11.1 Å². The normalized spacial score (nSPS) is 17.2. The van der Waals surface area contributed by atoms with Crippen molar-refractivity contribution in [2.75, 3.05) is 11.5 Å². The molecule has 8 heteroatoms. The van der Waals surface area contributed by atoms with Crippen molar-refractivity contribution in [3.8, 4) is 0 Å². The van der Waals surface area contributed by atoms with Crippen LogP contribution in [-0.2, 0) is 20.8 Å². The zero-order valence-electron chi connectivity index (χ0n) is 13.1. The number of nitrogens with one attached hydrogen (secondary N) is 1. The first-order chi connectivity index (χ1) is 11.4. The Morgan fingerprint density at radius 3 is 2.42 bits per heavy atom. The van der Waals surface area contributed by atoms with Crippen molar-refractivity contribution in [3.63, 3.8) is 0 Å². The van der Waals surface area contributed by atoms with Crippen LogP contribution in [-0.4, -0.2) is 50.2 Å². The number of amides is 1. The number of rotatable bonds is 7. The lowest BCUT2D eigenvalue weighted by Gasteiger charge is -2.20. The number of aliphatic carboxylic acids is 2. The second-order valence-corrected chi connectivity index (χ2v) is 8.26. The highest BCUT2D eigenvalue weighted by atomic mass is 32.2. The Bertz CT molecular complexity index is 631. The largest absolute Gasteiger partial charge is 0.481 e. The van der Waals surface area contributed by atoms with Crippen LogP contribution in [0.15, 0.2) is 24.3 Å². The monoisotopic (exact) mass is 369 g/mol. The molecule has 0 bridgehead atoms. The molecule has 0 radical (unpaired) electrons. The van der Waals surface area contributed by atoms with Crippen molar-refractivity contribution < 1.29 is 24.6 Å². The van der Waals surface area contributed by atoms with Gasteiger partial charge in [0.25, 0.3) is 0 Å². The van der Waals surface area contributed by atoms with Gasteiger partial charge in [-0.2, -0.15) is 0 Å². The van der Waals surface area contributed by atoms with Gasteiger partial charge >= 0.3 is 11.9 Å². The first-order valence-corrected chi connectivity index (χ1v) is 9.53. The number of hydrogen-bond donors (Lipinski definition) is 3. The number of carboxylic acids is 2. The number of carbonyl (C=O) groups excluding carboxylic acids is 1. The van der Waals surface area contributed by atoms with Crippen LogP contribution in [0.25, 0.3) is 0 Å². The van der Waals surface area contributed by atoms with E-state index >= 15 is 0 Å². The average Bonchev–Trinajstić information content (AvgIpc) is 3.00. The molecule has 6 nitrogen and oxygen atoms in total. The van der Waals surface area contributed by atoms with Gasteiger partial charge in [0.2, 0.25) is 5.91 Å². The van der Waals surface area contributed by atoms with Gasteiger partial charge in [0.15, 0.2) is 0 Å². The molecule has 0 aromatic heterocycles. The molecular formula is C16H19NO5S2. The molecule has 1 aliphatic heterocycles. The van der Waals surface area contributed by atoms with E-state index in [1.54, 1.807) is 47.8 Å². The fourth-order valence-electron chi connectivity index (χ4n) is 2.58. The van der Waals surface area contributed by atoms with E-state index in [9.17, 15) is 24.6 Å². The van der Waals surface area contributed by atoms with Crippen LogP contribution in [0.5, 0.6) is 0 Å². The van der Waals surface area contributed by atoms with E-state index < -0.39 is 29.8 Å². The van der Waals surface area contributed by atoms with Gasteiger partial charge in [-0.3, -0.25) is 9.59 Å². The van der Waals surface area contributed by atoms with Gasteiger partial charge in [-0.05, 0) is 11.1 Å². The molecule has 1 aromatic rings. The van der Waals surface area contributed by atoms with Gasteiger partial charge in [0.1, 0.15) is 12.0 Å². The Morgan fingerprint density at radius 1 is 1.21 bits per heavy atom. The van der Waals surface area contributed by atoms with E-state index in [0.717, 1.165) is 11.5 Å². The van der Waals surface area contributed by atoms with Gasteiger partial charge in [0, 0.05) is 24.9 Å². The zero-order valence-corrected chi connectivity index (χ0v) is 14.7. The number of carboxylic acid groups (broad SMARTS) is 2. The molecular weight excluding hydrogens is 350 g/mol. The fraction of sp³-hybridized carbons (Fsp3) is 0.438. The lowest BCUT2D eigenvalue weighted by atomic mass is 9.96. The molecule has 0 saturated carbocycles. The van der Waals surface area contributed by atoms with Crippen LogP contribution in [0.4, 0.5) is 0 Å². The lowest BCUT2D eigenvalue weighted by Crippen LogP contribution is -2.41. The number of hydrogen-bond acceptors (Lipinski definition) is 5. The maximum Gasteiger partial charge on any atom is 0.326 e. The Kier molecular flexibility index (Phi) is 6.56. The third-order valence-corrected chi connectivity index (χ3v) is 6.77. The Balaban J connectivity index is 2.21. The Hall–Kier alpha value is -1.67. The Morgan fingerprint density at radius 2 is 1.88 bits per heavy atom. The van der Waals surface area contributed by atoms with Crippen molar-refractivity contribution in [1.82, 2.24) is 5.32 Å². The SMILES string of the molecule is CC(=O)N[C@@H](Cc1cccc(C(C(=O)O)C2SCCS2)c1)C(=O)O. The highest BCUT2D eigenvalue weighted by molar-refractivity contribution is 8.20. The van der Waals surface area contributed by atoms with E-state index in [-0.39, 0.29) is 11.0 Å². The molecule has 1 aromatic carbocycles. The number of carbonyl (C=O) groups is 3. The maximum atomic E-state index is 11.7. The van der Waals surface area contributed by atoms with Crippen molar-refractivity contribution in [2.45, 2.75) is 29.9 Å². The molecule has 24 heavy (non-hydrogen) atoms. The van der Waals surface area contributed by atoms with Crippen molar-refractivity contribution in [3.05, 3.63) is 35.4 Å². The third-order valence-electron chi connectivity index (χ3n) is 3.61. The van der Waals surface area contributed by atoms with E-state index in [1.165, 1.54) is 6.92 Å². The quantitative estimate of drug-likeness (QED) is 0.673. The summed E-state index contributed by atoms with van der Waals surface area (Å²) in [5, 5.41) is 21.2. The topological polar surface area (TPSA) is 104 Å². The number of thioether (sulfide) groups is 2. The standard InChI is InChI=1S/C16H19NO5S2/c1-9(18)17-12(14(19)20)8-10-3-2-4-11(7-10)13(15(21)22)16-23-5-6-24-16/h2-4,7,12-13,16H,5-6,8H2,1H3,(H,17,18)(H,19,20)(H,21,22)/t12-,13?/m0/s1. The summed E-state index contributed by atoms with van der Waals surface area (Å²) in [5.41, 5.74) is 1.35. The molecule has 2 atom stereocenters. The highest BCUT2D eigenvalue weighted by Gasteiger charge is 2.33. The van der Waals surface area contributed by atoms with Crippen LogP contribution < -0.4 is 5.32 Å². The molecule has 1 aliphatic rings. The highest BCUT2D eigenvalue weighted by Crippen LogP contribution is 2.42. The molecule has 2 rings (SSSR count). The molecule has 1 heterocycles. The van der Waals surface area contributed by atoms with Gasteiger partial charge in [-0.1, -0.05) is 24.3 Å². The van der Waals surface area contributed by atoms with Gasteiger partial charge < -0.3 is 15.5 Å². The van der Waals surface area contributed by atoms with Gasteiger partial charge in [-0.15, -0.1) is 23.5 Å². The van der Waals surface area contributed by atoms with Crippen LogP contribution in [0.3, 0.4) is 0 Å². The van der Waals surface area contributed by atoms with Crippen LogP contribution in [0.2, 0.25) is 0 Å². The second kappa shape index (κ2) is 8.43. The van der Waals surface area contributed by atoms with Crippen molar-refractivity contribution >= 4 is 41.4 Å². The van der Waals surface area contributed by atoms with Crippen LogP contribution in [0, 0.1) is 0 Å². The predicted octanol–water partition coefficient (Wildman–Crippen LogP) is 1.79. The van der Waals surface area contributed by atoms with Gasteiger partial charge in [0.05, 0.1) is 4.58 Å².